The second kappa shape index (κ2) is 4.99. The third-order valence-corrected chi connectivity index (χ3v) is 3.65. The van der Waals surface area contributed by atoms with Gasteiger partial charge in [0.15, 0.2) is 9.84 Å². The molecule has 1 rings (SSSR count). The van der Waals surface area contributed by atoms with E-state index < -0.39 is 9.84 Å². The molecule has 1 aromatic rings. The zero-order valence-electron chi connectivity index (χ0n) is 8.66. The van der Waals surface area contributed by atoms with Crippen LogP contribution >= 0.6 is 15.9 Å². The van der Waals surface area contributed by atoms with Crippen LogP contribution in [0, 0.1) is 6.92 Å². The molecule has 0 amide bonds. The van der Waals surface area contributed by atoms with Crippen molar-refractivity contribution in [1.82, 2.24) is 0 Å². The molecular weight excluding hydrogens is 280 g/mol. The zero-order chi connectivity index (χ0) is 11.5. The van der Waals surface area contributed by atoms with E-state index in [9.17, 15) is 8.42 Å². The molecule has 84 valence electrons. The molecular formula is C10H13BrO3S. The van der Waals surface area contributed by atoms with Gasteiger partial charge in [0, 0.05) is 10.7 Å². The van der Waals surface area contributed by atoms with Crippen LogP contribution in [-0.2, 0) is 9.84 Å². The number of sulfone groups is 1. The van der Waals surface area contributed by atoms with E-state index in [2.05, 4.69) is 15.9 Å². The van der Waals surface area contributed by atoms with Crippen LogP contribution in [-0.4, -0.2) is 27.0 Å². The van der Waals surface area contributed by atoms with Crippen molar-refractivity contribution in [1.29, 1.82) is 0 Å². The molecule has 0 heterocycles. The van der Waals surface area contributed by atoms with Gasteiger partial charge in [-0.3, -0.25) is 0 Å². The molecule has 1 aromatic carbocycles. The van der Waals surface area contributed by atoms with E-state index in [0.29, 0.717) is 5.75 Å². The van der Waals surface area contributed by atoms with Crippen LogP contribution in [0.4, 0.5) is 0 Å². The minimum Gasteiger partial charge on any atom is -0.493 e. The predicted molar refractivity (Wildman–Crippen MR) is 64.1 cm³/mol. The van der Waals surface area contributed by atoms with Crippen molar-refractivity contribution >= 4 is 25.8 Å². The number of ether oxygens (including phenoxy) is 1. The van der Waals surface area contributed by atoms with Gasteiger partial charge in [0.2, 0.25) is 0 Å². The molecule has 0 radical (unpaired) electrons. The van der Waals surface area contributed by atoms with Crippen LogP contribution in [0.15, 0.2) is 22.7 Å². The standard InChI is InChI=1S/C10H13BrO3S/c1-8-7-9(3-4-10(8)11)14-5-6-15(2,12)13/h3-4,7H,5-6H2,1-2H3. The van der Waals surface area contributed by atoms with Crippen molar-refractivity contribution in [3.63, 3.8) is 0 Å². The van der Waals surface area contributed by atoms with Gasteiger partial charge in [-0.15, -0.1) is 0 Å². The van der Waals surface area contributed by atoms with E-state index in [1.165, 1.54) is 6.26 Å². The molecule has 0 aliphatic carbocycles. The highest BCUT2D eigenvalue weighted by molar-refractivity contribution is 9.10. The molecule has 15 heavy (non-hydrogen) atoms. The minimum atomic E-state index is -2.95. The molecule has 0 atom stereocenters. The lowest BCUT2D eigenvalue weighted by Crippen LogP contribution is -2.12. The molecule has 0 N–H and O–H groups in total. The lowest BCUT2D eigenvalue weighted by atomic mass is 10.2. The summed E-state index contributed by atoms with van der Waals surface area (Å²) in [5.41, 5.74) is 1.06. The second-order valence-electron chi connectivity index (χ2n) is 3.39. The van der Waals surface area contributed by atoms with Crippen molar-refractivity contribution in [2.45, 2.75) is 6.92 Å². The van der Waals surface area contributed by atoms with E-state index in [1.54, 1.807) is 6.07 Å². The van der Waals surface area contributed by atoms with Crippen LogP contribution in [0.25, 0.3) is 0 Å². The Morgan fingerprint density at radius 1 is 1.40 bits per heavy atom. The van der Waals surface area contributed by atoms with Crippen molar-refractivity contribution in [3.8, 4) is 5.75 Å². The van der Waals surface area contributed by atoms with E-state index in [4.69, 9.17) is 4.74 Å². The van der Waals surface area contributed by atoms with Gasteiger partial charge >= 0.3 is 0 Å². The number of hydrogen-bond acceptors (Lipinski definition) is 3. The van der Waals surface area contributed by atoms with Crippen molar-refractivity contribution in [2.75, 3.05) is 18.6 Å². The largest absolute Gasteiger partial charge is 0.493 e. The Morgan fingerprint density at radius 2 is 2.07 bits per heavy atom. The van der Waals surface area contributed by atoms with E-state index in [-0.39, 0.29) is 12.4 Å². The van der Waals surface area contributed by atoms with Crippen LogP contribution in [0.3, 0.4) is 0 Å². The van der Waals surface area contributed by atoms with Crippen LogP contribution in [0.2, 0.25) is 0 Å². The maximum Gasteiger partial charge on any atom is 0.150 e. The van der Waals surface area contributed by atoms with Crippen LogP contribution in [0.1, 0.15) is 5.56 Å². The first-order valence-electron chi connectivity index (χ1n) is 4.45. The second-order valence-corrected chi connectivity index (χ2v) is 6.50. The predicted octanol–water partition coefficient (Wildman–Crippen LogP) is 2.18. The molecule has 0 aliphatic heterocycles. The number of aryl methyl sites for hydroxylation is 1. The highest BCUT2D eigenvalue weighted by Gasteiger charge is 2.03. The first-order chi connectivity index (χ1) is 6.88. The van der Waals surface area contributed by atoms with Crippen molar-refractivity contribution < 1.29 is 13.2 Å². The highest BCUT2D eigenvalue weighted by atomic mass is 79.9. The molecule has 0 saturated heterocycles. The Balaban J connectivity index is 2.55. The molecule has 5 heteroatoms. The van der Waals surface area contributed by atoms with Crippen LogP contribution in [0.5, 0.6) is 5.75 Å². The number of hydrogen-bond donors (Lipinski definition) is 0. The fourth-order valence-corrected chi connectivity index (χ4v) is 1.65. The van der Waals surface area contributed by atoms with Gasteiger partial charge in [-0.2, -0.15) is 0 Å². The summed E-state index contributed by atoms with van der Waals surface area (Å²) in [6.45, 7) is 2.15. The fraction of sp³-hybridized carbons (Fsp3) is 0.400. The van der Waals surface area contributed by atoms with Crippen molar-refractivity contribution in [2.24, 2.45) is 0 Å². The molecule has 0 spiro atoms. The maximum absolute atomic E-state index is 10.9. The summed E-state index contributed by atoms with van der Waals surface area (Å²) < 4.78 is 28.0. The molecule has 0 bridgehead atoms. The minimum absolute atomic E-state index is 0.0438. The van der Waals surface area contributed by atoms with Gasteiger partial charge in [0.05, 0.1) is 5.75 Å². The molecule has 0 aliphatic rings. The smallest absolute Gasteiger partial charge is 0.150 e. The van der Waals surface area contributed by atoms with Crippen LogP contribution < -0.4 is 4.74 Å². The average molecular weight is 293 g/mol. The lowest BCUT2D eigenvalue weighted by molar-refractivity contribution is 0.341. The van der Waals surface area contributed by atoms with Gasteiger partial charge in [-0.1, -0.05) is 15.9 Å². The van der Waals surface area contributed by atoms with Gasteiger partial charge in [-0.25, -0.2) is 8.42 Å². The summed E-state index contributed by atoms with van der Waals surface area (Å²) in [4.78, 5) is 0. The van der Waals surface area contributed by atoms with Gasteiger partial charge < -0.3 is 4.74 Å². The Morgan fingerprint density at radius 3 is 2.60 bits per heavy atom. The summed E-state index contributed by atoms with van der Waals surface area (Å²) >= 11 is 3.38. The third-order valence-electron chi connectivity index (χ3n) is 1.85. The van der Waals surface area contributed by atoms with E-state index >= 15 is 0 Å². The van der Waals surface area contributed by atoms with Gasteiger partial charge in [0.1, 0.15) is 12.4 Å². The normalized spacial score (nSPS) is 11.4. The topological polar surface area (TPSA) is 43.4 Å². The molecule has 3 nitrogen and oxygen atoms in total. The SMILES string of the molecule is Cc1cc(OCCS(C)(=O)=O)ccc1Br. The first-order valence-corrected chi connectivity index (χ1v) is 7.30. The monoisotopic (exact) mass is 292 g/mol. The Kier molecular flexibility index (Phi) is 4.16. The summed E-state index contributed by atoms with van der Waals surface area (Å²) in [5, 5.41) is 0. The van der Waals surface area contributed by atoms with Gasteiger partial charge in [0.25, 0.3) is 0 Å². The van der Waals surface area contributed by atoms with Gasteiger partial charge in [-0.05, 0) is 30.7 Å². The first kappa shape index (κ1) is 12.5. The Bertz CT molecular complexity index is 440. The number of halogens is 1. The maximum atomic E-state index is 10.9. The number of rotatable bonds is 4. The summed E-state index contributed by atoms with van der Waals surface area (Å²) in [6, 6.07) is 5.55. The quantitative estimate of drug-likeness (QED) is 0.854. The number of benzene rings is 1. The van der Waals surface area contributed by atoms with E-state index in [1.807, 2.05) is 19.1 Å². The average Bonchev–Trinajstić information content (AvgIpc) is 2.09. The fourth-order valence-electron chi connectivity index (χ4n) is 1.02. The van der Waals surface area contributed by atoms with Crippen molar-refractivity contribution in [3.05, 3.63) is 28.2 Å². The van der Waals surface area contributed by atoms with E-state index in [0.717, 1.165) is 10.0 Å². The summed E-state index contributed by atoms with van der Waals surface area (Å²) in [7, 11) is -2.95. The molecule has 0 aromatic heterocycles. The lowest BCUT2D eigenvalue weighted by Gasteiger charge is -2.06. The highest BCUT2D eigenvalue weighted by Crippen LogP contribution is 2.21. The third kappa shape index (κ3) is 4.66. The molecule has 0 saturated carbocycles. The Hall–Kier alpha value is -0.550. The molecule has 0 fully saturated rings. The summed E-state index contributed by atoms with van der Waals surface area (Å²) in [6.07, 6.45) is 1.20. The Labute approximate surface area is 98.5 Å². The zero-order valence-corrected chi connectivity index (χ0v) is 11.1. The summed E-state index contributed by atoms with van der Waals surface area (Å²) in [5.74, 6) is 0.738. The molecule has 0 unspecified atom stereocenters.